The van der Waals surface area contributed by atoms with Crippen LogP contribution in [0.15, 0.2) is 72.0 Å². The molecule has 0 fully saturated rings. The third-order valence-electron chi connectivity index (χ3n) is 3.47. The maximum absolute atomic E-state index is 5.95. The van der Waals surface area contributed by atoms with Crippen LogP contribution in [0.25, 0.3) is 5.69 Å². The van der Waals surface area contributed by atoms with Crippen LogP contribution in [0.5, 0.6) is 5.75 Å². The van der Waals surface area contributed by atoms with Crippen LogP contribution in [0.4, 0.5) is 5.69 Å². The van der Waals surface area contributed by atoms with Gasteiger partial charge in [0.25, 0.3) is 0 Å². The van der Waals surface area contributed by atoms with Crippen LogP contribution in [0.2, 0.25) is 0 Å². The molecule has 1 aromatic heterocycles. The van der Waals surface area contributed by atoms with Crippen molar-refractivity contribution in [1.29, 1.82) is 0 Å². The quantitative estimate of drug-likeness (QED) is 0.356. The summed E-state index contributed by atoms with van der Waals surface area (Å²) in [6, 6.07) is 17.4. The molecule has 0 aliphatic heterocycles. The third kappa shape index (κ3) is 5.21. The van der Waals surface area contributed by atoms with Crippen LogP contribution in [-0.4, -0.2) is 22.8 Å². The van der Waals surface area contributed by atoms with Crippen molar-refractivity contribution in [3.05, 3.63) is 72.6 Å². The predicted molar refractivity (Wildman–Crippen MR) is 111 cm³/mol. The maximum atomic E-state index is 5.95. The normalized spacial score (nSPS) is 10.8. The molecule has 0 saturated heterocycles. The van der Waals surface area contributed by atoms with E-state index in [1.807, 2.05) is 65.5 Å². The summed E-state index contributed by atoms with van der Waals surface area (Å²) in [5.41, 5.74) is 8.86. The highest BCUT2D eigenvalue weighted by molar-refractivity contribution is 14.0. The first-order valence-corrected chi connectivity index (χ1v) is 7.54. The number of hydrogen-bond donors (Lipinski definition) is 2. The molecule has 0 saturated carbocycles. The van der Waals surface area contributed by atoms with Gasteiger partial charge in [-0.25, -0.2) is 9.67 Å². The summed E-state index contributed by atoms with van der Waals surface area (Å²) in [6.45, 7) is 0.490. The number of nitrogens with two attached hydrogens (primary N) is 1. The predicted octanol–water partition coefficient (Wildman–Crippen LogP) is 3.43. The minimum atomic E-state index is 0. The van der Waals surface area contributed by atoms with Crippen molar-refractivity contribution in [3.63, 3.8) is 0 Å². The van der Waals surface area contributed by atoms with Crippen molar-refractivity contribution in [2.24, 2.45) is 10.7 Å². The van der Waals surface area contributed by atoms with E-state index in [0.717, 1.165) is 22.7 Å². The van der Waals surface area contributed by atoms with Gasteiger partial charge in [0.1, 0.15) is 5.75 Å². The second-order valence-electron chi connectivity index (χ2n) is 5.18. The summed E-state index contributed by atoms with van der Waals surface area (Å²) >= 11 is 0. The van der Waals surface area contributed by atoms with Gasteiger partial charge in [0.15, 0.2) is 5.96 Å². The van der Waals surface area contributed by atoms with Crippen molar-refractivity contribution in [2.75, 3.05) is 12.4 Å². The summed E-state index contributed by atoms with van der Waals surface area (Å²) in [4.78, 5) is 4.38. The second-order valence-corrected chi connectivity index (χ2v) is 5.18. The largest absolute Gasteiger partial charge is 0.497 e. The molecule has 0 bridgehead atoms. The summed E-state index contributed by atoms with van der Waals surface area (Å²) in [5, 5.41) is 7.29. The zero-order chi connectivity index (χ0) is 16.8. The number of guanidine groups is 1. The van der Waals surface area contributed by atoms with Crippen LogP contribution >= 0.6 is 24.0 Å². The molecule has 130 valence electrons. The molecule has 3 rings (SSSR count). The minimum Gasteiger partial charge on any atom is -0.497 e. The minimum absolute atomic E-state index is 0. The topological polar surface area (TPSA) is 77.5 Å². The molecule has 3 aromatic rings. The van der Waals surface area contributed by atoms with Gasteiger partial charge in [-0.2, -0.15) is 5.10 Å². The Kier molecular flexibility index (Phi) is 6.81. The number of nitrogens with one attached hydrogen (secondary N) is 1. The van der Waals surface area contributed by atoms with Gasteiger partial charge in [-0.05, 0) is 48.0 Å². The Morgan fingerprint density at radius 3 is 2.68 bits per heavy atom. The SMILES string of the molecule is COc1ccc(NC(N)=NCc2cccc(-n3cccn3)c2)cc1.I. The number of ether oxygens (including phenoxy) is 1. The molecule has 0 atom stereocenters. The molecule has 0 amide bonds. The van der Waals surface area contributed by atoms with Crippen LogP contribution in [-0.2, 0) is 6.54 Å². The lowest BCUT2D eigenvalue weighted by atomic mass is 10.2. The monoisotopic (exact) mass is 449 g/mol. The molecule has 0 unspecified atom stereocenters. The fraction of sp³-hybridized carbons (Fsp3) is 0.111. The number of aliphatic imine (C=N–C) groups is 1. The molecular weight excluding hydrogens is 429 g/mol. The van der Waals surface area contributed by atoms with Crippen LogP contribution < -0.4 is 15.8 Å². The summed E-state index contributed by atoms with van der Waals surface area (Å²) < 4.78 is 6.94. The Labute approximate surface area is 163 Å². The van der Waals surface area contributed by atoms with Gasteiger partial charge in [0.05, 0.1) is 19.3 Å². The Balaban J connectivity index is 0.00000225. The molecule has 2 aromatic carbocycles. The number of benzene rings is 2. The van der Waals surface area contributed by atoms with Gasteiger partial charge in [0, 0.05) is 18.1 Å². The van der Waals surface area contributed by atoms with Gasteiger partial charge in [0.2, 0.25) is 0 Å². The lowest BCUT2D eigenvalue weighted by Gasteiger charge is -2.07. The molecule has 25 heavy (non-hydrogen) atoms. The van der Waals surface area contributed by atoms with Gasteiger partial charge >= 0.3 is 0 Å². The summed E-state index contributed by atoms with van der Waals surface area (Å²) in [6.07, 6.45) is 3.66. The fourth-order valence-electron chi connectivity index (χ4n) is 2.26. The second kappa shape index (κ2) is 9.07. The van der Waals surface area contributed by atoms with Gasteiger partial charge in [-0.1, -0.05) is 12.1 Å². The Hall–Kier alpha value is -2.55. The number of anilines is 1. The molecule has 0 aliphatic rings. The number of hydrogen-bond acceptors (Lipinski definition) is 3. The van der Waals surface area contributed by atoms with E-state index in [0.29, 0.717) is 12.5 Å². The Morgan fingerprint density at radius 2 is 2.00 bits per heavy atom. The van der Waals surface area contributed by atoms with Crippen molar-refractivity contribution in [3.8, 4) is 11.4 Å². The number of aromatic nitrogens is 2. The zero-order valence-corrected chi connectivity index (χ0v) is 16.1. The number of methoxy groups -OCH3 is 1. The lowest BCUT2D eigenvalue weighted by Crippen LogP contribution is -2.22. The number of nitrogens with zero attached hydrogens (tertiary/aromatic N) is 3. The molecule has 7 heteroatoms. The van der Waals surface area contributed by atoms with E-state index < -0.39 is 0 Å². The van der Waals surface area contributed by atoms with Crippen molar-refractivity contribution < 1.29 is 4.74 Å². The van der Waals surface area contributed by atoms with Gasteiger partial charge in [-0.15, -0.1) is 24.0 Å². The fourth-order valence-corrected chi connectivity index (χ4v) is 2.26. The first-order valence-electron chi connectivity index (χ1n) is 7.54. The first kappa shape index (κ1) is 18.8. The van der Waals surface area contributed by atoms with Gasteiger partial charge < -0.3 is 15.8 Å². The highest BCUT2D eigenvalue weighted by atomic mass is 127. The highest BCUT2D eigenvalue weighted by Crippen LogP contribution is 2.15. The van der Waals surface area contributed by atoms with Crippen molar-refractivity contribution in [2.45, 2.75) is 6.54 Å². The smallest absolute Gasteiger partial charge is 0.193 e. The number of halogens is 1. The van der Waals surface area contributed by atoms with Crippen LogP contribution in [0.1, 0.15) is 5.56 Å². The van der Waals surface area contributed by atoms with E-state index in [-0.39, 0.29) is 24.0 Å². The third-order valence-corrected chi connectivity index (χ3v) is 3.47. The van der Waals surface area contributed by atoms with Crippen LogP contribution in [0.3, 0.4) is 0 Å². The average molecular weight is 449 g/mol. The van der Waals surface area contributed by atoms with E-state index >= 15 is 0 Å². The van der Waals surface area contributed by atoms with Crippen molar-refractivity contribution in [1.82, 2.24) is 9.78 Å². The lowest BCUT2D eigenvalue weighted by molar-refractivity contribution is 0.415. The Morgan fingerprint density at radius 1 is 1.20 bits per heavy atom. The van der Waals surface area contributed by atoms with Crippen LogP contribution in [0, 0.1) is 0 Å². The molecule has 1 heterocycles. The molecular formula is C18H20IN5O. The standard InChI is InChI=1S/C18H19N5O.HI/c1-24-17-8-6-15(7-9-17)22-18(19)20-13-14-4-2-5-16(12-14)23-11-3-10-21-23;/h2-12H,13H2,1H3,(H3,19,20,22);1H. The number of rotatable bonds is 5. The summed E-state index contributed by atoms with van der Waals surface area (Å²) in [5.74, 6) is 1.16. The average Bonchev–Trinajstić information content (AvgIpc) is 3.16. The van der Waals surface area contributed by atoms with E-state index in [4.69, 9.17) is 10.5 Å². The van der Waals surface area contributed by atoms with E-state index in [9.17, 15) is 0 Å². The van der Waals surface area contributed by atoms with E-state index in [2.05, 4.69) is 15.4 Å². The van der Waals surface area contributed by atoms with E-state index in [1.165, 1.54) is 0 Å². The van der Waals surface area contributed by atoms with E-state index in [1.54, 1.807) is 13.3 Å². The zero-order valence-electron chi connectivity index (χ0n) is 13.8. The highest BCUT2D eigenvalue weighted by Gasteiger charge is 2.00. The van der Waals surface area contributed by atoms with Crippen molar-refractivity contribution >= 4 is 35.6 Å². The Bertz CT molecular complexity index is 816. The molecule has 3 N–H and O–H groups in total. The summed E-state index contributed by atoms with van der Waals surface area (Å²) in [7, 11) is 1.63. The van der Waals surface area contributed by atoms with Gasteiger partial charge in [-0.3, -0.25) is 0 Å². The molecule has 0 aliphatic carbocycles. The molecule has 0 radical (unpaired) electrons. The molecule has 0 spiro atoms. The molecule has 6 nitrogen and oxygen atoms in total. The first-order chi connectivity index (χ1) is 11.7. The maximum Gasteiger partial charge on any atom is 0.193 e.